The summed E-state index contributed by atoms with van der Waals surface area (Å²) in [5.74, 6) is 1.60. The van der Waals surface area contributed by atoms with Crippen LogP contribution in [-0.4, -0.2) is 24.5 Å². The van der Waals surface area contributed by atoms with Crippen LogP contribution in [0.4, 0.5) is 0 Å². The smallest absolute Gasteiger partial charge is 0.191 e. The molecule has 1 unspecified atom stereocenters. The molecule has 1 atom stereocenters. The molecule has 0 amide bonds. The van der Waals surface area contributed by atoms with Gasteiger partial charge in [0.25, 0.3) is 0 Å². The maximum atomic E-state index is 4.56. The lowest BCUT2D eigenvalue weighted by Crippen LogP contribution is -2.39. The summed E-state index contributed by atoms with van der Waals surface area (Å²) in [5.41, 5.74) is 1.10. The summed E-state index contributed by atoms with van der Waals surface area (Å²) < 4.78 is 0. The lowest BCUT2D eigenvalue weighted by atomic mass is 9.99. The van der Waals surface area contributed by atoms with Gasteiger partial charge in [-0.15, -0.1) is 11.3 Å². The highest BCUT2D eigenvalue weighted by molar-refractivity contribution is 7.09. The zero-order chi connectivity index (χ0) is 15.5. The number of guanidine groups is 1. The van der Waals surface area contributed by atoms with Crippen LogP contribution in [0.1, 0.15) is 57.2 Å². The summed E-state index contributed by atoms with van der Waals surface area (Å²) in [7, 11) is 1.82. The Balaban J connectivity index is 2.34. The number of hydrogen-bond donors (Lipinski definition) is 2. The zero-order valence-corrected chi connectivity index (χ0v) is 14.7. The van der Waals surface area contributed by atoms with E-state index < -0.39 is 0 Å². The third kappa shape index (κ3) is 6.93. The molecule has 1 rings (SSSR count). The highest BCUT2D eigenvalue weighted by Crippen LogP contribution is 2.11. The molecule has 0 radical (unpaired) electrons. The number of aliphatic imine (C=N–C) groups is 1. The predicted molar refractivity (Wildman–Crippen MR) is 93.0 cm³/mol. The third-order valence-electron chi connectivity index (χ3n) is 3.66. The molecule has 2 N–H and O–H groups in total. The van der Waals surface area contributed by atoms with Crippen molar-refractivity contribution in [3.05, 3.63) is 16.1 Å². The number of nitrogens with zero attached hydrogens (tertiary/aromatic N) is 2. The van der Waals surface area contributed by atoms with Crippen molar-refractivity contribution in [3.8, 4) is 0 Å². The zero-order valence-electron chi connectivity index (χ0n) is 13.9. The molecular formula is C16H30N4S. The van der Waals surface area contributed by atoms with Crippen LogP contribution in [-0.2, 0) is 13.0 Å². The van der Waals surface area contributed by atoms with Crippen LogP contribution in [0.3, 0.4) is 0 Å². The minimum atomic E-state index is 0.731. The van der Waals surface area contributed by atoms with Gasteiger partial charge < -0.3 is 10.6 Å². The minimum absolute atomic E-state index is 0.731. The number of rotatable bonds is 9. The van der Waals surface area contributed by atoms with E-state index in [1.807, 2.05) is 7.05 Å². The molecule has 1 aromatic heterocycles. The van der Waals surface area contributed by atoms with Gasteiger partial charge in [-0.05, 0) is 18.8 Å². The fraction of sp³-hybridized carbons (Fsp3) is 0.750. The molecule has 5 heteroatoms. The molecule has 4 nitrogen and oxygen atoms in total. The molecule has 0 aromatic carbocycles. The quantitative estimate of drug-likeness (QED) is 0.541. The Morgan fingerprint density at radius 1 is 1.33 bits per heavy atom. The first-order valence-electron chi connectivity index (χ1n) is 8.11. The monoisotopic (exact) mass is 310 g/mol. The van der Waals surface area contributed by atoms with Gasteiger partial charge in [-0.3, -0.25) is 4.99 Å². The number of aromatic nitrogens is 1. The normalized spacial score (nSPS) is 13.2. The molecule has 120 valence electrons. The predicted octanol–water partition coefficient (Wildman–Crippen LogP) is 3.59. The fourth-order valence-electron chi connectivity index (χ4n) is 2.17. The van der Waals surface area contributed by atoms with E-state index in [4.69, 9.17) is 0 Å². The second-order valence-corrected chi connectivity index (χ2v) is 6.25. The molecule has 0 saturated carbocycles. The van der Waals surface area contributed by atoms with E-state index in [2.05, 4.69) is 46.8 Å². The van der Waals surface area contributed by atoms with Gasteiger partial charge in [0.05, 0.1) is 17.2 Å². The van der Waals surface area contributed by atoms with Gasteiger partial charge in [0.1, 0.15) is 0 Å². The van der Waals surface area contributed by atoms with Gasteiger partial charge in [0.15, 0.2) is 5.96 Å². The molecular weight excluding hydrogens is 280 g/mol. The van der Waals surface area contributed by atoms with Crippen molar-refractivity contribution in [3.63, 3.8) is 0 Å². The highest BCUT2D eigenvalue weighted by Gasteiger charge is 2.07. The number of unbranched alkanes of at least 4 members (excludes halogenated alkanes) is 1. The van der Waals surface area contributed by atoms with Gasteiger partial charge in [0.2, 0.25) is 0 Å². The molecule has 0 aliphatic heterocycles. The molecule has 0 aliphatic carbocycles. The van der Waals surface area contributed by atoms with Gasteiger partial charge >= 0.3 is 0 Å². The second kappa shape index (κ2) is 10.6. The van der Waals surface area contributed by atoms with Crippen molar-refractivity contribution in [2.24, 2.45) is 10.9 Å². The van der Waals surface area contributed by atoms with Crippen LogP contribution >= 0.6 is 11.3 Å². The Morgan fingerprint density at radius 2 is 2.14 bits per heavy atom. The van der Waals surface area contributed by atoms with Gasteiger partial charge in [-0.2, -0.15) is 0 Å². The van der Waals surface area contributed by atoms with Crippen molar-refractivity contribution in [2.75, 3.05) is 13.6 Å². The van der Waals surface area contributed by atoms with Crippen molar-refractivity contribution in [1.82, 2.24) is 15.6 Å². The highest BCUT2D eigenvalue weighted by atomic mass is 32.1. The molecule has 0 aliphatic rings. The number of nitrogens with one attached hydrogen (secondary N) is 2. The average molecular weight is 311 g/mol. The maximum absolute atomic E-state index is 4.56. The largest absolute Gasteiger partial charge is 0.356 e. The lowest BCUT2D eigenvalue weighted by molar-refractivity contribution is 0.443. The van der Waals surface area contributed by atoms with Crippen LogP contribution in [0.25, 0.3) is 0 Å². The standard InChI is InChI=1S/C16H30N4S/c1-5-8-9-13(6-2)10-18-16(17-4)19-11-14-12-21-15(7-3)20-14/h12-13H,5-11H2,1-4H3,(H2,17,18,19). The summed E-state index contributed by atoms with van der Waals surface area (Å²) in [6.07, 6.45) is 6.10. The fourth-order valence-corrected chi connectivity index (χ4v) is 2.92. The Kier molecular flexibility index (Phi) is 9.06. The molecule has 0 spiro atoms. The Morgan fingerprint density at radius 3 is 2.71 bits per heavy atom. The molecule has 1 aromatic rings. The number of aryl methyl sites for hydroxylation is 1. The molecule has 1 heterocycles. The Labute approximate surface area is 133 Å². The van der Waals surface area contributed by atoms with Crippen LogP contribution in [0.2, 0.25) is 0 Å². The Hall–Kier alpha value is -1.10. The molecule has 0 saturated heterocycles. The van der Waals surface area contributed by atoms with Gasteiger partial charge in [0, 0.05) is 19.0 Å². The second-order valence-electron chi connectivity index (χ2n) is 5.31. The lowest BCUT2D eigenvalue weighted by Gasteiger charge is -2.17. The summed E-state index contributed by atoms with van der Waals surface area (Å²) in [6.45, 7) is 8.38. The first kappa shape index (κ1) is 18.0. The van der Waals surface area contributed by atoms with Crippen LogP contribution < -0.4 is 10.6 Å². The van der Waals surface area contributed by atoms with E-state index in [0.29, 0.717) is 0 Å². The maximum Gasteiger partial charge on any atom is 0.191 e. The van der Waals surface area contributed by atoms with Crippen molar-refractivity contribution in [2.45, 2.75) is 59.4 Å². The van der Waals surface area contributed by atoms with Crippen molar-refractivity contribution < 1.29 is 0 Å². The molecule has 21 heavy (non-hydrogen) atoms. The van der Waals surface area contributed by atoms with E-state index in [9.17, 15) is 0 Å². The number of thiazole rings is 1. The summed E-state index contributed by atoms with van der Waals surface area (Å²) >= 11 is 1.73. The van der Waals surface area contributed by atoms with Crippen LogP contribution in [0.15, 0.2) is 10.4 Å². The first-order chi connectivity index (χ1) is 10.2. The van der Waals surface area contributed by atoms with E-state index in [0.717, 1.165) is 37.1 Å². The van der Waals surface area contributed by atoms with E-state index in [1.54, 1.807) is 11.3 Å². The SMILES string of the molecule is CCCCC(CC)CNC(=NC)NCc1csc(CC)n1. The Bertz CT molecular complexity index is 414. The third-order valence-corrected chi connectivity index (χ3v) is 4.71. The molecule has 0 bridgehead atoms. The van der Waals surface area contributed by atoms with Crippen molar-refractivity contribution in [1.29, 1.82) is 0 Å². The van der Waals surface area contributed by atoms with Gasteiger partial charge in [-0.1, -0.05) is 40.0 Å². The van der Waals surface area contributed by atoms with Crippen molar-refractivity contribution >= 4 is 17.3 Å². The summed E-state index contributed by atoms with van der Waals surface area (Å²) in [5, 5.41) is 10.1. The number of hydrogen-bond acceptors (Lipinski definition) is 3. The van der Waals surface area contributed by atoms with Crippen LogP contribution in [0.5, 0.6) is 0 Å². The van der Waals surface area contributed by atoms with E-state index in [1.165, 1.54) is 30.7 Å². The first-order valence-corrected chi connectivity index (χ1v) is 8.99. The van der Waals surface area contributed by atoms with E-state index in [-0.39, 0.29) is 0 Å². The minimum Gasteiger partial charge on any atom is -0.356 e. The van der Waals surface area contributed by atoms with Gasteiger partial charge in [-0.25, -0.2) is 4.98 Å². The van der Waals surface area contributed by atoms with E-state index >= 15 is 0 Å². The van der Waals surface area contributed by atoms with Crippen LogP contribution in [0, 0.1) is 5.92 Å². The summed E-state index contributed by atoms with van der Waals surface area (Å²) in [6, 6.07) is 0. The molecule has 0 fully saturated rings. The summed E-state index contributed by atoms with van der Waals surface area (Å²) in [4.78, 5) is 8.85. The topological polar surface area (TPSA) is 49.3 Å². The average Bonchev–Trinajstić information content (AvgIpc) is 2.98.